The Labute approximate surface area is 96.8 Å². The van der Waals surface area contributed by atoms with E-state index in [-0.39, 0.29) is 0 Å². The van der Waals surface area contributed by atoms with Crippen molar-refractivity contribution in [2.24, 2.45) is 0 Å². The van der Waals surface area contributed by atoms with Gasteiger partial charge in [-0.15, -0.1) is 0 Å². The standard InChI is InChI=1S/C10H13BrN2O2/c1-2-3-13-9(10(14)15)7-4-8(11)6-12-5-7/h4-6,9,13H,2-3H2,1H3,(H,14,15). The summed E-state index contributed by atoms with van der Waals surface area (Å²) in [7, 11) is 0. The molecule has 0 aromatic carbocycles. The minimum absolute atomic E-state index is 0.658. The van der Waals surface area contributed by atoms with Crippen LogP contribution in [0.15, 0.2) is 22.9 Å². The first kappa shape index (κ1) is 12.1. The predicted octanol–water partition coefficient (Wildman–Crippen LogP) is 1.97. The average Bonchev–Trinajstić information content (AvgIpc) is 2.18. The minimum Gasteiger partial charge on any atom is -0.480 e. The third-order valence-corrected chi connectivity index (χ3v) is 2.34. The summed E-state index contributed by atoms with van der Waals surface area (Å²) in [6.45, 7) is 2.66. The number of carboxylic acid groups (broad SMARTS) is 1. The molecule has 0 aliphatic heterocycles. The molecular weight excluding hydrogens is 260 g/mol. The van der Waals surface area contributed by atoms with Gasteiger partial charge in [-0.1, -0.05) is 6.92 Å². The molecule has 0 radical (unpaired) electrons. The highest BCUT2D eigenvalue weighted by Gasteiger charge is 2.18. The van der Waals surface area contributed by atoms with Crippen LogP contribution in [-0.4, -0.2) is 22.6 Å². The Morgan fingerprint density at radius 3 is 2.93 bits per heavy atom. The molecule has 0 saturated carbocycles. The second kappa shape index (κ2) is 5.82. The van der Waals surface area contributed by atoms with Gasteiger partial charge in [0, 0.05) is 16.9 Å². The lowest BCUT2D eigenvalue weighted by atomic mass is 10.1. The normalized spacial score (nSPS) is 12.4. The number of rotatable bonds is 5. The van der Waals surface area contributed by atoms with E-state index >= 15 is 0 Å². The van der Waals surface area contributed by atoms with Crippen LogP contribution in [-0.2, 0) is 4.79 Å². The first-order chi connectivity index (χ1) is 7.15. The fraction of sp³-hybridized carbons (Fsp3) is 0.400. The topological polar surface area (TPSA) is 62.2 Å². The molecule has 4 nitrogen and oxygen atoms in total. The van der Waals surface area contributed by atoms with E-state index in [0.717, 1.165) is 10.9 Å². The summed E-state index contributed by atoms with van der Waals surface area (Å²) in [5, 5.41) is 12.0. The van der Waals surface area contributed by atoms with Crippen molar-refractivity contribution in [1.82, 2.24) is 10.3 Å². The summed E-state index contributed by atoms with van der Waals surface area (Å²) in [6.07, 6.45) is 4.08. The summed E-state index contributed by atoms with van der Waals surface area (Å²) in [6, 6.07) is 1.07. The van der Waals surface area contributed by atoms with Gasteiger partial charge in [0.25, 0.3) is 0 Å². The van der Waals surface area contributed by atoms with Crippen LogP contribution < -0.4 is 5.32 Å². The number of pyridine rings is 1. The molecule has 1 aromatic rings. The molecule has 0 bridgehead atoms. The number of hydrogen-bond acceptors (Lipinski definition) is 3. The Hall–Kier alpha value is -0.940. The van der Waals surface area contributed by atoms with Crippen LogP contribution in [0.4, 0.5) is 0 Å². The van der Waals surface area contributed by atoms with Gasteiger partial charge >= 0.3 is 5.97 Å². The van der Waals surface area contributed by atoms with E-state index in [2.05, 4.69) is 26.2 Å². The van der Waals surface area contributed by atoms with E-state index in [4.69, 9.17) is 5.11 Å². The van der Waals surface area contributed by atoms with Crippen LogP contribution in [0, 0.1) is 0 Å². The van der Waals surface area contributed by atoms with Gasteiger partial charge in [-0.05, 0) is 40.5 Å². The maximum absolute atomic E-state index is 11.0. The first-order valence-corrected chi connectivity index (χ1v) is 5.51. The summed E-state index contributed by atoms with van der Waals surface area (Å²) >= 11 is 3.26. The fourth-order valence-corrected chi connectivity index (χ4v) is 1.61. The molecule has 1 heterocycles. The van der Waals surface area contributed by atoms with Crippen molar-refractivity contribution in [3.63, 3.8) is 0 Å². The molecule has 5 heteroatoms. The van der Waals surface area contributed by atoms with Gasteiger partial charge in [0.1, 0.15) is 6.04 Å². The number of carboxylic acids is 1. The van der Waals surface area contributed by atoms with Crippen molar-refractivity contribution in [2.45, 2.75) is 19.4 Å². The number of halogens is 1. The van der Waals surface area contributed by atoms with Gasteiger partial charge < -0.3 is 10.4 Å². The molecule has 82 valence electrons. The van der Waals surface area contributed by atoms with Crippen molar-refractivity contribution < 1.29 is 9.90 Å². The molecule has 0 saturated heterocycles. The highest BCUT2D eigenvalue weighted by Crippen LogP contribution is 2.16. The number of carbonyl (C=O) groups is 1. The maximum Gasteiger partial charge on any atom is 0.325 e. The molecule has 1 aromatic heterocycles. The first-order valence-electron chi connectivity index (χ1n) is 4.71. The number of aromatic nitrogens is 1. The molecular formula is C10H13BrN2O2. The van der Waals surface area contributed by atoms with Crippen molar-refractivity contribution >= 4 is 21.9 Å². The van der Waals surface area contributed by atoms with Gasteiger partial charge in [0.15, 0.2) is 0 Å². The molecule has 1 rings (SSSR count). The molecule has 0 spiro atoms. The number of hydrogen-bond donors (Lipinski definition) is 2. The highest BCUT2D eigenvalue weighted by atomic mass is 79.9. The maximum atomic E-state index is 11.0. The monoisotopic (exact) mass is 272 g/mol. The summed E-state index contributed by atoms with van der Waals surface area (Å²) < 4.78 is 0.782. The van der Waals surface area contributed by atoms with Crippen molar-refractivity contribution in [2.75, 3.05) is 6.54 Å². The number of aliphatic carboxylic acids is 1. The number of nitrogens with one attached hydrogen (secondary N) is 1. The van der Waals surface area contributed by atoms with Gasteiger partial charge in [0.2, 0.25) is 0 Å². The molecule has 1 atom stereocenters. The lowest BCUT2D eigenvalue weighted by Crippen LogP contribution is -2.29. The van der Waals surface area contributed by atoms with Crippen LogP contribution in [0.1, 0.15) is 24.9 Å². The third kappa shape index (κ3) is 3.60. The third-order valence-electron chi connectivity index (χ3n) is 1.90. The zero-order valence-electron chi connectivity index (χ0n) is 8.40. The van der Waals surface area contributed by atoms with E-state index in [1.54, 1.807) is 18.5 Å². The summed E-state index contributed by atoms with van der Waals surface area (Å²) in [4.78, 5) is 15.0. The Morgan fingerprint density at radius 1 is 1.67 bits per heavy atom. The van der Waals surface area contributed by atoms with E-state index in [1.165, 1.54) is 0 Å². The Balaban J connectivity index is 2.84. The molecule has 0 aliphatic carbocycles. The lowest BCUT2D eigenvalue weighted by molar-refractivity contribution is -0.139. The van der Waals surface area contributed by atoms with Crippen LogP contribution in [0.3, 0.4) is 0 Å². The quantitative estimate of drug-likeness (QED) is 0.861. The smallest absolute Gasteiger partial charge is 0.325 e. The molecule has 15 heavy (non-hydrogen) atoms. The van der Waals surface area contributed by atoms with Crippen LogP contribution in [0.25, 0.3) is 0 Å². The van der Waals surface area contributed by atoms with Gasteiger partial charge in [-0.3, -0.25) is 9.78 Å². The van der Waals surface area contributed by atoms with Crippen molar-refractivity contribution in [3.05, 3.63) is 28.5 Å². The largest absolute Gasteiger partial charge is 0.480 e. The van der Waals surface area contributed by atoms with Crippen LogP contribution in [0.5, 0.6) is 0 Å². The Morgan fingerprint density at radius 2 is 2.40 bits per heavy atom. The molecule has 1 unspecified atom stereocenters. The zero-order chi connectivity index (χ0) is 11.3. The molecule has 0 aliphatic rings. The average molecular weight is 273 g/mol. The summed E-state index contributed by atoms with van der Waals surface area (Å²) in [5.74, 6) is -0.886. The zero-order valence-corrected chi connectivity index (χ0v) is 9.99. The fourth-order valence-electron chi connectivity index (χ4n) is 1.22. The summed E-state index contributed by atoms with van der Waals surface area (Å²) in [5.41, 5.74) is 0.658. The SMILES string of the molecule is CCCNC(C(=O)O)c1cncc(Br)c1. The van der Waals surface area contributed by atoms with Crippen molar-refractivity contribution in [1.29, 1.82) is 0 Å². The van der Waals surface area contributed by atoms with Gasteiger partial charge in [0.05, 0.1) is 0 Å². The lowest BCUT2D eigenvalue weighted by Gasteiger charge is -2.13. The van der Waals surface area contributed by atoms with Gasteiger partial charge in [-0.25, -0.2) is 0 Å². The minimum atomic E-state index is -0.886. The van der Waals surface area contributed by atoms with E-state index in [0.29, 0.717) is 12.1 Å². The van der Waals surface area contributed by atoms with E-state index < -0.39 is 12.0 Å². The second-order valence-corrected chi connectivity index (χ2v) is 4.08. The molecule has 2 N–H and O–H groups in total. The highest BCUT2D eigenvalue weighted by molar-refractivity contribution is 9.10. The van der Waals surface area contributed by atoms with Gasteiger partial charge in [-0.2, -0.15) is 0 Å². The Bertz CT molecular complexity index is 344. The molecule has 0 amide bonds. The van der Waals surface area contributed by atoms with E-state index in [9.17, 15) is 4.79 Å². The molecule has 0 fully saturated rings. The van der Waals surface area contributed by atoms with Crippen LogP contribution >= 0.6 is 15.9 Å². The second-order valence-electron chi connectivity index (χ2n) is 3.16. The van der Waals surface area contributed by atoms with Crippen molar-refractivity contribution in [3.8, 4) is 0 Å². The van der Waals surface area contributed by atoms with E-state index in [1.807, 2.05) is 6.92 Å². The predicted molar refractivity (Wildman–Crippen MR) is 60.6 cm³/mol. The number of nitrogens with zero attached hydrogens (tertiary/aromatic N) is 1. The Kier molecular flexibility index (Phi) is 4.71. The van der Waals surface area contributed by atoms with Crippen LogP contribution in [0.2, 0.25) is 0 Å².